The fraction of sp³-hybridized carbons (Fsp3) is 0.150. The van der Waals surface area contributed by atoms with Crippen molar-refractivity contribution in [3.05, 3.63) is 53.0 Å². The zero-order chi connectivity index (χ0) is 19.5. The molecule has 142 valence electrons. The van der Waals surface area contributed by atoms with Gasteiger partial charge in [-0.3, -0.25) is 0 Å². The van der Waals surface area contributed by atoms with E-state index in [4.69, 9.17) is 14.2 Å². The van der Waals surface area contributed by atoms with Crippen LogP contribution in [0.15, 0.2) is 42.5 Å². The fourth-order valence-electron chi connectivity index (χ4n) is 2.74. The zero-order valence-electron chi connectivity index (χ0n) is 15.6. The van der Waals surface area contributed by atoms with Crippen molar-refractivity contribution in [1.29, 1.82) is 0 Å². The molecule has 0 amide bonds. The Labute approximate surface area is 165 Å². The van der Waals surface area contributed by atoms with E-state index >= 15 is 0 Å². The number of hydrogen-bond donors (Lipinski definition) is 0. The molecule has 0 spiro atoms. The highest BCUT2D eigenvalue weighted by Gasteiger charge is 2.14. The zero-order valence-corrected chi connectivity index (χ0v) is 16.4. The van der Waals surface area contributed by atoms with Gasteiger partial charge in [0.05, 0.1) is 21.3 Å². The topological polar surface area (TPSA) is 70.8 Å². The van der Waals surface area contributed by atoms with Crippen LogP contribution in [-0.4, -0.2) is 41.1 Å². The minimum absolute atomic E-state index is 0.631. The van der Waals surface area contributed by atoms with Crippen molar-refractivity contribution in [2.24, 2.45) is 0 Å². The first-order valence-corrected chi connectivity index (χ1v) is 9.30. The van der Waals surface area contributed by atoms with Gasteiger partial charge >= 0.3 is 0 Å². The van der Waals surface area contributed by atoms with Gasteiger partial charge in [-0.05, 0) is 42.0 Å². The third-order valence-electron chi connectivity index (χ3n) is 4.18. The lowest BCUT2D eigenvalue weighted by Gasteiger charge is -2.08. The molecule has 0 aliphatic carbocycles. The van der Waals surface area contributed by atoms with Crippen LogP contribution in [0.2, 0.25) is 0 Å². The second kappa shape index (κ2) is 7.69. The first-order valence-electron chi connectivity index (χ1n) is 8.48. The molecule has 2 aromatic carbocycles. The second-order valence-electron chi connectivity index (χ2n) is 5.83. The maximum Gasteiger partial charge on any atom is 0.235 e. The van der Waals surface area contributed by atoms with Crippen LogP contribution < -0.4 is 14.2 Å². The number of rotatable bonds is 6. The van der Waals surface area contributed by atoms with Crippen LogP contribution in [0.5, 0.6) is 17.2 Å². The number of aromatic nitrogens is 4. The summed E-state index contributed by atoms with van der Waals surface area (Å²) < 4.78 is 17.6. The molecular weight excluding hydrogens is 376 g/mol. The average molecular weight is 394 g/mol. The largest absolute Gasteiger partial charge is 0.497 e. The van der Waals surface area contributed by atoms with E-state index in [0.29, 0.717) is 17.3 Å². The first kappa shape index (κ1) is 18.0. The van der Waals surface area contributed by atoms with Crippen LogP contribution in [0.3, 0.4) is 0 Å². The molecule has 2 aromatic heterocycles. The summed E-state index contributed by atoms with van der Waals surface area (Å²) >= 11 is 1.47. The molecule has 0 bridgehead atoms. The minimum Gasteiger partial charge on any atom is -0.497 e. The molecule has 4 aromatic rings. The summed E-state index contributed by atoms with van der Waals surface area (Å²) in [6.45, 7) is 0. The van der Waals surface area contributed by atoms with E-state index in [0.717, 1.165) is 26.8 Å². The van der Waals surface area contributed by atoms with Crippen molar-refractivity contribution in [3.63, 3.8) is 0 Å². The number of benzene rings is 2. The van der Waals surface area contributed by atoms with Gasteiger partial charge in [0.1, 0.15) is 10.8 Å². The molecule has 0 unspecified atom stereocenters. The van der Waals surface area contributed by atoms with Crippen molar-refractivity contribution in [3.8, 4) is 28.6 Å². The van der Waals surface area contributed by atoms with E-state index in [-0.39, 0.29) is 0 Å². The normalized spacial score (nSPS) is 11.2. The van der Waals surface area contributed by atoms with Gasteiger partial charge in [0.15, 0.2) is 17.3 Å². The number of hydrogen-bond acceptors (Lipinski definition) is 7. The third kappa shape index (κ3) is 3.41. The van der Waals surface area contributed by atoms with Gasteiger partial charge in [-0.25, -0.2) is 0 Å². The van der Waals surface area contributed by atoms with Crippen LogP contribution in [0.4, 0.5) is 0 Å². The quantitative estimate of drug-likeness (QED) is 0.491. The van der Waals surface area contributed by atoms with Gasteiger partial charge in [0, 0.05) is 5.56 Å². The summed E-state index contributed by atoms with van der Waals surface area (Å²) in [6.07, 6.45) is 3.96. The maximum absolute atomic E-state index is 5.38. The summed E-state index contributed by atoms with van der Waals surface area (Å²) in [4.78, 5) is 0.721. The highest BCUT2D eigenvalue weighted by molar-refractivity contribution is 7.17. The van der Waals surface area contributed by atoms with E-state index < -0.39 is 0 Å². The number of fused-ring (bicyclic) bond motifs is 1. The van der Waals surface area contributed by atoms with E-state index in [1.807, 2.05) is 54.6 Å². The van der Waals surface area contributed by atoms with Gasteiger partial charge < -0.3 is 14.2 Å². The summed E-state index contributed by atoms with van der Waals surface area (Å²) in [6, 6.07) is 13.4. The molecule has 7 nitrogen and oxygen atoms in total. The molecule has 0 saturated heterocycles. The van der Waals surface area contributed by atoms with Gasteiger partial charge in [-0.2, -0.15) is 9.61 Å². The molecule has 0 N–H and O–H groups in total. The maximum atomic E-state index is 5.38. The Balaban J connectivity index is 1.64. The average Bonchev–Trinajstić information content (AvgIpc) is 3.32. The van der Waals surface area contributed by atoms with Crippen LogP contribution in [0.1, 0.15) is 10.6 Å². The van der Waals surface area contributed by atoms with Crippen LogP contribution in [0.25, 0.3) is 28.5 Å². The summed E-state index contributed by atoms with van der Waals surface area (Å²) in [5.74, 6) is 2.77. The van der Waals surface area contributed by atoms with Gasteiger partial charge in [0.2, 0.25) is 4.96 Å². The Bertz CT molecular complexity index is 1130. The Morgan fingerprint density at radius 3 is 2.36 bits per heavy atom. The monoisotopic (exact) mass is 394 g/mol. The number of ether oxygens (including phenoxy) is 3. The van der Waals surface area contributed by atoms with E-state index in [2.05, 4.69) is 15.3 Å². The smallest absolute Gasteiger partial charge is 0.235 e. The van der Waals surface area contributed by atoms with Crippen LogP contribution in [-0.2, 0) is 0 Å². The Morgan fingerprint density at radius 2 is 1.64 bits per heavy atom. The summed E-state index contributed by atoms with van der Waals surface area (Å²) in [7, 11) is 4.86. The highest BCUT2D eigenvalue weighted by Crippen LogP contribution is 2.32. The molecule has 0 fully saturated rings. The molecule has 0 aliphatic rings. The standard InChI is InChI=1S/C20H18N4O3S/c1-25-15-8-4-13(5-9-15)6-11-18-23-24-19(21-22-20(24)28-18)14-7-10-16(26-2)17(12-14)27-3/h4-12H,1-3H3/b11-6+. The molecule has 0 atom stereocenters. The lowest BCUT2D eigenvalue weighted by atomic mass is 10.2. The lowest BCUT2D eigenvalue weighted by molar-refractivity contribution is 0.355. The van der Waals surface area contributed by atoms with Crippen molar-refractivity contribution in [1.82, 2.24) is 19.8 Å². The van der Waals surface area contributed by atoms with Crippen molar-refractivity contribution < 1.29 is 14.2 Å². The van der Waals surface area contributed by atoms with Crippen LogP contribution in [0, 0.1) is 0 Å². The van der Waals surface area contributed by atoms with Crippen LogP contribution >= 0.6 is 11.3 Å². The summed E-state index contributed by atoms with van der Waals surface area (Å²) in [5, 5.41) is 14.0. The van der Waals surface area contributed by atoms with Gasteiger partial charge in [-0.1, -0.05) is 29.5 Å². The van der Waals surface area contributed by atoms with E-state index in [9.17, 15) is 0 Å². The number of nitrogens with zero attached hydrogens (tertiary/aromatic N) is 4. The third-order valence-corrected chi connectivity index (χ3v) is 5.05. The van der Waals surface area contributed by atoms with Crippen molar-refractivity contribution in [2.45, 2.75) is 0 Å². The Kier molecular flexibility index (Phi) is 4.94. The minimum atomic E-state index is 0.631. The Morgan fingerprint density at radius 1 is 0.857 bits per heavy atom. The number of methoxy groups -OCH3 is 3. The molecule has 0 aliphatic heterocycles. The second-order valence-corrected chi connectivity index (χ2v) is 6.82. The van der Waals surface area contributed by atoms with E-state index in [1.165, 1.54) is 11.3 Å². The molecule has 4 rings (SSSR count). The van der Waals surface area contributed by atoms with Gasteiger partial charge in [0.25, 0.3) is 0 Å². The molecule has 0 saturated carbocycles. The van der Waals surface area contributed by atoms with Gasteiger partial charge in [-0.15, -0.1) is 10.2 Å². The molecule has 2 heterocycles. The highest BCUT2D eigenvalue weighted by atomic mass is 32.1. The van der Waals surface area contributed by atoms with E-state index in [1.54, 1.807) is 25.8 Å². The molecule has 8 heteroatoms. The van der Waals surface area contributed by atoms with Crippen molar-refractivity contribution >= 4 is 28.4 Å². The molecular formula is C20H18N4O3S. The predicted octanol–water partition coefficient (Wildman–Crippen LogP) is 4.05. The fourth-order valence-corrected chi connectivity index (χ4v) is 3.48. The first-order chi connectivity index (χ1) is 13.7. The SMILES string of the molecule is COc1ccc(/C=C/c2nn3c(-c4ccc(OC)c(OC)c4)nnc3s2)cc1. The Hall–Kier alpha value is -3.39. The molecule has 0 radical (unpaired) electrons. The summed E-state index contributed by atoms with van der Waals surface area (Å²) in [5.41, 5.74) is 1.91. The van der Waals surface area contributed by atoms with Crippen molar-refractivity contribution in [2.75, 3.05) is 21.3 Å². The lowest BCUT2D eigenvalue weighted by Crippen LogP contribution is -1.94. The molecule has 28 heavy (non-hydrogen) atoms. The predicted molar refractivity (Wildman–Crippen MR) is 109 cm³/mol.